The van der Waals surface area contributed by atoms with E-state index in [1.807, 2.05) is 0 Å². The fraction of sp³-hybridized carbons (Fsp3) is 0.714. The van der Waals surface area contributed by atoms with Crippen LogP contribution in [0.25, 0.3) is 0 Å². The molecular formula is C7H13NO3. The maximum absolute atomic E-state index is 10.8. The van der Waals surface area contributed by atoms with Crippen LogP contribution in [0.5, 0.6) is 0 Å². The summed E-state index contributed by atoms with van der Waals surface area (Å²) in [6.07, 6.45) is 0. The first-order valence-electron chi connectivity index (χ1n) is 3.28. The summed E-state index contributed by atoms with van der Waals surface area (Å²) < 4.78 is 0. The van der Waals surface area contributed by atoms with Gasteiger partial charge in [-0.2, -0.15) is 0 Å². The highest BCUT2D eigenvalue weighted by Gasteiger charge is 2.32. The van der Waals surface area contributed by atoms with Gasteiger partial charge < -0.3 is 10.0 Å². The van der Waals surface area contributed by atoms with Gasteiger partial charge in [0.05, 0.1) is 0 Å². The van der Waals surface area contributed by atoms with Crippen LogP contribution in [0.2, 0.25) is 0 Å². The van der Waals surface area contributed by atoms with Crippen molar-refractivity contribution >= 4 is 11.7 Å². The maximum atomic E-state index is 10.8. The molecule has 11 heavy (non-hydrogen) atoms. The summed E-state index contributed by atoms with van der Waals surface area (Å²) in [5.74, 6) is -0.791. The van der Waals surface area contributed by atoms with Gasteiger partial charge in [0.1, 0.15) is 0 Å². The summed E-state index contributed by atoms with van der Waals surface area (Å²) >= 11 is 0. The molecule has 0 saturated heterocycles. The summed E-state index contributed by atoms with van der Waals surface area (Å²) in [7, 11) is 1.38. The van der Waals surface area contributed by atoms with Crippen molar-refractivity contribution in [2.24, 2.45) is 0 Å². The molecule has 1 atom stereocenters. The van der Waals surface area contributed by atoms with Crippen LogP contribution in [-0.2, 0) is 9.59 Å². The van der Waals surface area contributed by atoms with Crippen molar-refractivity contribution in [2.45, 2.75) is 26.5 Å². The number of likely N-dealkylation sites (N-methyl/N-ethyl adjacent to an activating group) is 1. The molecular weight excluding hydrogens is 146 g/mol. The molecule has 4 nitrogen and oxygen atoms in total. The molecule has 64 valence electrons. The Bertz CT molecular complexity index is 186. The van der Waals surface area contributed by atoms with Gasteiger partial charge in [-0.25, -0.2) is 0 Å². The van der Waals surface area contributed by atoms with Crippen molar-refractivity contribution in [1.29, 1.82) is 0 Å². The molecule has 0 aliphatic heterocycles. The molecule has 4 heteroatoms. The summed E-state index contributed by atoms with van der Waals surface area (Å²) in [4.78, 5) is 22.5. The summed E-state index contributed by atoms with van der Waals surface area (Å²) in [5, 5.41) is 9.39. The van der Waals surface area contributed by atoms with Crippen LogP contribution in [0.1, 0.15) is 20.8 Å². The Balaban J connectivity index is 4.55. The lowest BCUT2D eigenvalue weighted by Gasteiger charge is -2.30. The van der Waals surface area contributed by atoms with E-state index in [0.717, 1.165) is 4.90 Å². The standard InChI is InChI=1S/C7H13NO3/c1-5(9)7(3,11)8(4)6(2)10/h11H,1-4H3. The molecule has 0 aliphatic carbocycles. The average molecular weight is 159 g/mol. The molecule has 0 aliphatic rings. The summed E-state index contributed by atoms with van der Waals surface area (Å²) in [5.41, 5.74) is -1.67. The predicted molar refractivity (Wildman–Crippen MR) is 39.7 cm³/mol. The van der Waals surface area contributed by atoms with Gasteiger partial charge in [0, 0.05) is 14.0 Å². The topological polar surface area (TPSA) is 57.6 Å². The van der Waals surface area contributed by atoms with Crippen molar-refractivity contribution < 1.29 is 14.7 Å². The number of hydrogen-bond donors (Lipinski definition) is 1. The molecule has 0 aromatic heterocycles. The van der Waals surface area contributed by atoms with E-state index in [4.69, 9.17) is 0 Å². The largest absolute Gasteiger partial charge is 0.365 e. The molecule has 1 N–H and O–H groups in total. The van der Waals surface area contributed by atoms with Crippen molar-refractivity contribution in [3.05, 3.63) is 0 Å². The molecule has 0 aromatic carbocycles. The number of aliphatic hydroxyl groups is 1. The minimum Gasteiger partial charge on any atom is -0.365 e. The Kier molecular flexibility index (Phi) is 2.76. The fourth-order valence-electron chi connectivity index (χ4n) is 0.543. The molecule has 0 bridgehead atoms. The Morgan fingerprint density at radius 2 is 1.73 bits per heavy atom. The normalized spacial score (nSPS) is 15.4. The van der Waals surface area contributed by atoms with Crippen molar-refractivity contribution in [1.82, 2.24) is 4.90 Å². The molecule has 0 rings (SSSR count). The Hall–Kier alpha value is -0.900. The molecule has 0 spiro atoms. The molecule has 1 amide bonds. The van der Waals surface area contributed by atoms with Crippen LogP contribution >= 0.6 is 0 Å². The zero-order valence-electron chi connectivity index (χ0n) is 7.21. The van der Waals surface area contributed by atoms with E-state index in [1.54, 1.807) is 0 Å². The SMILES string of the molecule is CC(=O)N(C)C(C)(O)C(C)=O. The number of Topliss-reactive ketones (excluding diaryl/α,β-unsaturated/α-hetero) is 1. The second-order valence-electron chi connectivity index (χ2n) is 2.66. The fourth-order valence-corrected chi connectivity index (χ4v) is 0.543. The lowest BCUT2D eigenvalue weighted by molar-refractivity contribution is -0.163. The van der Waals surface area contributed by atoms with Gasteiger partial charge in [0.25, 0.3) is 0 Å². The van der Waals surface area contributed by atoms with Gasteiger partial charge >= 0.3 is 0 Å². The molecule has 0 aromatic rings. The molecule has 0 fully saturated rings. The number of hydrogen-bond acceptors (Lipinski definition) is 3. The highest BCUT2D eigenvalue weighted by Crippen LogP contribution is 2.09. The summed E-state index contributed by atoms with van der Waals surface area (Å²) in [6.45, 7) is 3.81. The van der Waals surface area contributed by atoms with E-state index in [2.05, 4.69) is 0 Å². The van der Waals surface area contributed by atoms with Gasteiger partial charge in [-0.05, 0) is 13.8 Å². The van der Waals surface area contributed by atoms with Gasteiger partial charge in [-0.3, -0.25) is 9.59 Å². The second-order valence-corrected chi connectivity index (χ2v) is 2.66. The minimum absolute atomic E-state index is 0.342. The second kappa shape index (κ2) is 3.00. The quantitative estimate of drug-likeness (QED) is 0.566. The number of carbonyl (C=O) groups excluding carboxylic acids is 2. The lowest BCUT2D eigenvalue weighted by Crippen LogP contribution is -2.51. The minimum atomic E-state index is -1.67. The zero-order chi connectivity index (χ0) is 9.23. The van der Waals surface area contributed by atoms with E-state index in [-0.39, 0.29) is 5.91 Å². The van der Waals surface area contributed by atoms with Gasteiger partial charge in [0.15, 0.2) is 11.5 Å². The third-order valence-electron chi connectivity index (χ3n) is 1.79. The number of nitrogens with zero attached hydrogens (tertiary/aromatic N) is 1. The van der Waals surface area contributed by atoms with Crippen LogP contribution in [0.4, 0.5) is 0 Å². The van der Waals surface area contributed by atoms with Crippen LogP contribution in [0, 0.1) is 0 Å². The molecule has 0 radical (unpaired) electrons. The molecule has 0 heterocycles. The van der Waals surface area contributed by atoms with Crippen LogP contribution in [0.15, 0.2) is 0 Å². The van der Waals surface area contributed by atoms with Crippen molar-refractivity contribution in [3.63, 3.8) is 0 Å². The summed E-state index contributed by atoms with van der Waals surface area (Å²) in [6, 6.07) is 0. The number of rotatable bonds is 2. The Morgan fingerprint density at radius 1 is 1.36 bits per heavy atom. The first-order valence-corrected chi connectivity index (χ1v) is 3.28. The van der Waals surface area contributed by atoms with Gasteiger partial charge in [-0.15, -0.1) is 0 Å². The monoisotopic (exact) mass is 159 g/mol. The Morgan fingerprint density at radius 3 is 1.82 bits per heavy atom. The first-order chi connectivity index (χ1) is 4.80. The average Bonchev–Trinajstić information content (AvgIpc) is 1.85. The van der Waals surface area contributed by atoms with E-state index < -0.39 is 11.5 Å². The predicted octanol–water partition coefficient (Wildman–Crippen LogP) is -0.238. The molecule has 1 unspecified atom stereocenters. The van der Waals surface area contributed by atoms with Crippen LogP contribution < -0.4 is 0 Å². The number of carbonyl (C=O) groups is 2. The highest BCUT2D eigenvalue weighted by atomic mass is 16.3. The Labute approximate surface area is 65.8 Å². The van der Waals surface area contributed by atoms with Crippen molar-refractivity contribution in [2.75, 3.05) is 7.05 Å². The van der Waals surface area contributed by atoms with Gasteiger partial charge in [0.2, 0.25) is 5.91 Å². The molecule has 0 saturated carbocycles. The van der Waals surface area contributed by atoms with Crippen LogP contribution in [0.3, 0.4) is 0 Å². The van der Waals surface area contributed by atoms with E-state index in [9.17, 15) is 14.7 Å². The van der Waals surface area contributed by atoms with E-state index in [1.165, 1.54) is 27.8 Å². The van der Waals surface area contributed by atoms with E-state index >= 15 is 0 Å². The zero-order valence-corrected chi connectivity index (χ0v) is 7.21. The first kappa shape index (κ1) is 10.1. The smallest absolute Gasteiger partial charge is 0.221 e. The van der Waals surface area contributed by atoms with Crippen molar-refractivity contribution in [3.8, 4) is 0 Å². The maximum Gasteiger partial charge on any atom is 0.221 e. The van der Waals surface area contributed by atoms with E-state index in [0.29, 0.717) is 0 Å². The van der Waals surface area contributed by atoms with Crippen LogP contribution in [-0.4, -0.2) is 34.5 Å². The lowest BCUT2D eigenvalue weighted by atomic mass is 10.1. The number of ketones is 1. The highest BCUT2D eigenvalue weighted by molar-refractivity contribution is 5.88. The van der Waals surface area contributed by atoms with Gasteiger partial charge in [-0.1, -0.05) is 0 Å². The number of amides is 1. The third-order valence-corrected chi connectivity index (χ3v) is 1.79. The third kappa shape index (κ3) is 2.01.